The van der Waals surface area contributed by atoms with E-state index in [9.17, 15) is 4.39 Å². The van der Waals surface area contributed by atoms with E-state index in [2.05, 4.69) is 5.32 Å². The Morgan fingerprint density at radius 2 is 1.75 bits per heavy atom. The fourth-order valence-electron chi connectivity index (χ4n) is 1.95. The van der Waals surface area contributed by atoms with E-state index in [1.165, 1.54) is 11.6 Å². The second kappa shape index (κ2) is 7.39. The van der Waals surface area contributed by atoms with Gasteiger partial charge in [0.05, 0.1) is 6.61 Å². The fraction of sp³-hybridized carbons (Fsp3) is 0.250. The van der Waals surface area contributed by atoms with Gasteiger partial charge in [-0.25, -0.2) is 4.39 Å². The van der Waals surface area contributed by atoms with Crippen LogP contribution in [-0.2, 0) is 19.6 Å². The summed E-state index contributed by atoms with van der Waals surface area (Å²) >= 11 is 5.84. The molecule has 0 atom stereocenters. The SMILES string of the molecule is OCc1ccc(CCNCc2cc(Cl)ccc2F)cc1. The summed E-state index contributed by atoms with van der Waals surface area (Å²) in [6.45, 7) is 1.28. The number of rotatable bonds is 6. The van der Waals surface area contributed by atoms with E-state index in [1.54, 1.807) is 12.1 Å². The first kappa shape index (κ1) is 15.0. The molecule has 0 saturated heterocycles. The van der Waals surface area contributed by atoms with Crippen LogP contribution in [0, 0.1) is 5.82 Å². The lowest BCUT2D eigenvalue weighted by Crippen LogP contribution is -2.17. The summed E-state index contributed by atoms with van der Waals surface area (Å²) in [5.41, 5.74) is 2.66. The maximum Gasteiger partial charge on any atom is 0.127 e. The molecule has 0 aliphatic rings. The molecule has 0 radical (unpaired) electrons. The Morgan fingerprint density at radius 1 is 1.05 bits per heavy atom. The molecular formula is C16H17ClFNO. The number of benzene rings is 2. The molecule has 4 heteroatoms. The van der Waals surface area contributed by atoms with Crippen molar-refractivity contribution in [3.63, 3.8) is 0 Å². The van der Waals surface area contributed by atoms with Gasteiger partial charge in [0.2, 0.25) is 0 Å². The number of hydrogen-bond acceptors (Lipinski definition) is 2. The molecule has 20 heavy (non-hydrogen) atoms. The summed E-state index contributed by atoms with van der Waals surface area (Å²) in [5.74, 6) is -0.241. The molecule has 106 valence electrons. The highest BCUT2D eigenvalue weighted by atomic mass is 35.5. The lowest BCUT2D eigenvalue weighted by atomic mass is 10.1. The maximum atomic E-state index is 13.5. The van der Waals surface area contributed by atoms with Crippen LogP contribution < -0.4 is 5.32 Å². The van der Waals surface area contributed by atoms with Crippen molar-refractivity contribution in [1.29, 1.82) is 0 Å². The minimum atomic E-state index is -0.241. The van der Waals surface area contributed by atoms with E-state index in [-0.39, 0.29) is 12.4 Å². The zero-order valence-corrected chi connectivity index (χ0v) is 11.8. The van der Waals surface area contributed by atoms with Crippen molar-refractivity contribution in [2.45, 2.75) is 19.6 Å². The zero-order chi connectivity index (χ0) is 14.4. The predicted octanol–water partition coefficient (Wildman–Crippen LogP) is 3.30. The van der Waals surface area contributed by atoms with Gasteiger partial charge in [-0.1, -0.05) is 35.9 Å². The Kier molecular flexibility index (Phi) is 5.53. The van der Waals surface area contributed by atoms with Crippen molar-refractivity contribution in [2.24, 2.45) is 0 Å². The van der Waals surface area contributed by atoms with E-state index >= 15 is 0 Å². The van der Waals surface area contributed by atoms with Gasteiger partial charge in [0.25, 0.3) is 0 Å². The quantitative estimate of drug-likeness (QED) is 0.801. The Balaban J connectivity index is 1.79. The minimum Gasteiger partial charge on any atom is -0.392 e. The van der Waals surface area contributed by atoms with Gasteiger partial charge in [-0.2, -0.15) is 0 Å². The van der Waals surface area contributed by atoms with Crippen LogP contribution in [0.1, 0.15) is 16.7 Å². The van der Waals surface area contributed by atoms with Crippen molar-refractivity contribution in [3.05, 3.63) is 70.0 Å². The first-order valence-electron chi connectivity index (χ1n) is 6.52. The highest BCUT2D eigenvalue weighted by Crippen LogP contribution is 2.14. The zero-order valence-electron chi connectivity index (χ0n) is 11.1. The summed E-state index contributed by atoms with van der Waals surface area (Å²) in [6, 6.07) is 12.4. The molecule has 0 amide bonds. The average Bonchev–Trinajstić information content (AvgIpc) is 2.47. The second-order valence-electron chi connectivity index (χ2n) is 4.64. The van der Waals surface area contributed by atoms with Gasteiger partial charge < -0.3 is 10.4 Å². The molecule has 0 spiro atoms. The molecule has 2 aromatic carbocycles. The molecule has 0 aromatic heterocycles. The smallest absolute Gasteiger partial charge is 0.127 e. The fourth-order valence-corrected chi connectivity index (χ4v) is 2.14. The lowest BCUT2D eigenvalue weighted by molar-refractivity contribution is 0.282. The standard InChI is InChI=1S/C16H17ClFNO/c17-15-5-6-16(18)14(9-15)10-19-8-7-12-1-3-13(11-20)4-2-12/h1-6,9,19-20H,7-8,10-11H2. The molecule has 2 N–H and O–H groups in total. The second-order valence-corrected chi connectivity index (χ2v) is 5.07. The summed E-state index contributed by atoms with van der Waals surface area (Å²) in [7, 11) is 0. The summed E-state index contributed by atoms with van der Waals surface area (Å²) in [6.07, 6.45) is 0.855. The highest BCUT2D eigenvalue weighted by Gasteiger charge is 2.02. The number of aliphatic hydroxyl groups is 1. The Bertz CT molecular complexity index is 557. The van der Waals surface area contributed by atoms with E-state index < -0.39 is 0 Å². The van der Waals surface area contributed by atoms with Gasteiger partial charge in [0.15, 0.2) is 0 Å². The van der Waals surface area contributed by atoms with Crippen LogP contribution in [-0.4, -0.2) is 11.7 Å². The van der Waals surface area contributed by atoms with Crippen molar-refractivity contribution >= 4 is 11.6 Å². The monoisotopic (exact) mass is 293 g/mol. The van der Waals surface area contributed by atoms with Crippen LogP contribution in [0.4, 0.5) is 4.39 Å². The molecule has 0 heterocycles. The van der Waals surface area contributed by atoms with Crippen molar-refractivity contribution in [2.75, 3.05) is 6.54 Å². The first-order valence-corrected chi connectivity index (χ1v) is 6.90. The van der Waals surface area contributed by atoms with Gasteiger partial charge in [0.1, 0.15) is 5.82 Å². The topological polar surface area (TPSA) is 32.3 Å². The van der Waals surface area contributed by atoms with Crippen molar-refractivity contribution in [1.82, 2.24) is 5.32 Å². The molecule has 0 unspecified atom stereocenters. The van der Waals surface area contributed by atoms with E-state index in [1.807, 2.05) is 24.3 Å². The summed E-state index contributed by atoms with van der Waals surface area (Å²) in [5, 5.41) is 12.7. The number of halogens is 2. The molecule has 0 bridgehead atoms. The Hall–Kier alpha value is -1.42. The molecular weight excluding hydrogens is 277 g/mol. The predicted molar refractivity (Wildman–Crippen MR) is 79.2 cm³/mol. The molecule has 2 rings (SSSR count). The van der Waals surface area contributed by atoms with Crippen LogP contribution in [0.5, 0.6) is 0 Å². The average molecular weight is 294 g/mol. The van der Waals surface area contributed by atoms with Crippen LogP contribution in [0.2, 0.25) is 5.02 Å². The van der Waals surface area contributed by atoms with Gasteiger partial charge in [0, 0.05) is 17.1 Å². The minimum absolute atomic E-state index is 0.0621. The third kappa shape index (κ3) is 4.30. The molecule has 0 fully saturated rings. The van der Waals surface area contributed by atoms with E-state index in [0.29, 0.717) is 17.1 Å². The van der Waals surface area contributed by atoms with Crippen molar-refractivity contribution in [3.8, 4) is 0 Å². The third-order valence-corrected chi connectivity index (χ3v) is 3.35. The highest BCUT2D eigenvalue weighted by molar-refractivity contribution is 6.30. The summed E-state index contributed by atoms with van der Waals surface area (Å²) in [4.78, 5) is 0. The number of nitrogens with one attached hydrogen (secondary N) is 1. The maximum absolute atomic E-state index is 13.5. The number of hydrogen-bond donors (Lipinski definition) is 2. The Labute approximate surface area is 123 Å². The largest absolute Gasteiger partial charge is 0.392 e. The van der Waals surface area contributed by atoms with Crippen LogP contribution in [0.3, 0.4) is 0 Å². The lowest BCUT2D eigenvalue weighted by Gasteiger charge is -2.07. The van der Waals surface area contributed by atoms with Gasteiger partial charge >= 0.3 is 0 Å². The Morgan fingerprint density at radius 3 is 2.45 bits per heavy atom. The van der Waals surface area contributed by atoms with Gasteiger partial charge in [-0.05, 0) is 42.3 Å². The van der Waals surface area contributed by atoms with Crippen LogP contribution >= 0.6 is 11.6 Å². The van der Waals surface area contributed by atoms with Crippen LogP contribution in [0.15, 0.2) is 42.5 Å². The van der Waals surface area contributed by atoms with Gasteiger partial charge in [-0.15, -0.1) is 0 Å². The molecule has 2 nitrogen and oxygen atoms in total. The molecule has 0 aliphatic carbocycles. The van der Waals surface area contributed by atoms with Crippen molar-refractivity contribution < 1.29 is 9.50 Å². The van der Waals surface area contributed by atoms with E-state index in [0.717, 1.165) is 18.5 Å². The molecule has 2 aromatic rings. The van der Waals surface area contributed by atoms with Gasteiger partial charge in [-0.3, -0.25) is 0 Å². The first-order chi connectivity index (χ1) is 9.69. The van der Waals surface area contributed by atoms with Crippen LogP contribution in [0.25, 0.3) is 0 Å². The summed E-state index contributed by atoms with van der Waals surface area (Å²) < 4.78 is 13.5. The van der Waals surface area contributed by atoms with E-state index in [4.69, 9.17) is 16.7 Å². The molecule has 0 saturated carbocycles. The third-order valence-electron chi connectivity index (χ3n) is 3.12. The normalized spacial score (nSPS) is 10.8. The molecule has 0 aliphatic heterocycles. The number of aliphatic hydroxyl groups excluding tert-OH is 1.